The maximum absolute atomic E-state index is 13.9. The van der Waals surface area contributed by atoms with Crippen molar-refractivity contribution in [3.05, 3.63) is 71.8 Å². The number of primary amides is 1. The van der Waals surface area contributed by atoms with Gasteiger partial charge in [0, 0.05) is 25.7 Å². The molecule has 9 unspecified atom stereocenters. The molecule has 0 aliphatic carbocycles. The number of carbonyl (C=O) groups excluding carboxylic acids is 13. The zero-order valence-corrected chi connectivity index (χ0v) is 54.5. The minimum absolute atomic E-state index is 0.00854. The molecule has 31 nitrogen and oxygen atoms in total. The molecule has 9 atom stereocenters. The van der Waals surface area contributed by atoms with E-state index >= 15 is 0 Å². The zero-order chi connectivity index (χ0) is 69.9. The van der Waals surface area contributed by atoms with Crippen LogP contribution < -0.4 is 75.3 Å². The number of aliphatic carboxylic acids is 2. The molecule has 13 amide bonds. The average molecular weight is 1330 g/mol. The van der Waals surface area contributed by atoms with E-state index in [2.05, 4.69) is 63.8 Å². The van der Waals surface area contributed by atoms with Gasteiger partial charge in [-0.3, -0.25) is 67.1 Å². The second-order valence-electron chi connectivity index (χ2n) is 23.2. The minimum atomic E-state index is -1.47. The number of carbonyl (C=O) groups is 15. The van der Waals surface area contributed by atoms with Crippen LogP contribution in [-0.2, 0) is 84.8 Å². The molecule has 0 bridgehead atoms. The van der Waals surface area contributed by atoms with E-state index in [1.54, 1.807) is 108 Å². The molecule has 0 heterocycles. The normalized spacial score (nSPS) is 13.9. The zero-order valence-electron chi connectivity index (χ0n) is 53.7. The van der Waals surface area contributed by atoms with Crippen molar-refractivity contribution in [3.8, 4) is 0 Å². The van der Waals surface area contributed by atoms with Crippen LogP contribution in [0.2, 0.25) is 0 Å². The minimum Gasteiger partial charge on any atom is -0.481 e. The maximum Gasteiger partial charge on any atom is 0.326 e. The number of carboxylic acid groups (broad SMARTS) is 2. The highest BCUT2D eigenvalue weighted by Crippen LogP contribution is 2.13. The van der Waals surface area contributed by atoms with Gasteiger partial charge < -0.3 is 85.5 Å². The van der Waals surface area contributed by atoms with Crippen molar-refractivity contribution in [1.29, 1.82) is 0 Å². The van der Waals surface area contributed by atoms with E-state index in [4.69, 9.17) is 16.6 Å². The Hall–Kier alpha value is -9.20. The van der Waals surface area contributed by atoms with Crippen LogP contribution in [0, 0.1) is 17.8 Å². The number of benzene rings is 2. The number of thioether (sulfide) groups is 1. The van der Waals surface area contributed by atoms with Crippen LogP contribution in [0.3, 0.4) is 0 Å². The summed E-state index contributed by atoms with van der Waals surface area (Å²) in [6.45, 7) is 8.89. The average Bonchev–Trinajstić information content (AvgIpc) is 2.23. The third-order valence-electron chi connectivity index (χ3n) is 13.8. The Labute approximate surface area is 544 Å². The Balaban J connectivity index is 2.05. The molecule has 0 radical (unpaired) electrons. The van der Waals surface area contributed by atoms with Crippen LogP contribution in [0.25, 0.3) is 0 Å². The summed E-state index contributed by atoms with van der Waals surface area (Å²) in [6, 6.07) is 5.52. The Bertz CT molecular complexity index is 2890. The second-order valence-corrected chi connectivity index (χ2v) is 24.2. The van der Waals surface area contributed by atoms with E-state index < -0.39 is 175 Å². The van der Waals surface area contributed by atoms with Gasteiger partial charge in [0.1, 0.15) is 48.3 Å². The van der Waals surface area contributed by atoms with Crippen LogP contribution in [0.5, 0.6) is 0 Å². The van der Waals surface area contributed by atoms with Crippen molar-refractivity contribution >= 4 is 100 Å². The van der Waals surface area contributed by atoms with Gasteiger partial charge in [-0.15, -0.1) is 0 Å². The van der Waals surface area contributed by atoms with E-state index in [0.717, 1.165) is 0 Å². The predicted molar refractivity (Wildman–Crippen MR) is 341 cm³/mol. The summed E-state index contributed by atoms with van der Waals surface area (Å²) in [6.07, 6.45) is 0.609. The summed E-state index contributed by atoms with van der Waals surface area (Å²) < 4.78 is 0. The van der Waals surface area contributed by atoms with E-state index in [-0.39, 0.29) is 69.6 Å². The highest BCUT2D eigenvalue weighted by molar-refractivity contribution is 7.98. The van der Waals surface area contributed by atoms with Crippen molar-refractivity contribution < 1.29 is 82.1 Å². The summed E-state index contributed by atoms with van der Waals surface area (Å²) in [5.41, 5.74) is 12.4. The van der Waals surface area contributed by atoms with Gasteiger partial charge in [-0.1, -0.05) is 102 Å². The molecule has 0 aromatic heterocycles. The van der Waals surface area contributed by atoms with Crippen molar-refractivity contribution in [2.75, 3.05) is 38.2 Å². The lowest BCUT2D eigenvalue weighted by Gasteiger charge is -2.28. The molecule has 2 rings (SSSR count). The van der Waals surface area contributed by atoms with Gasteiger partial charge in [0.05, 0.1) is 32.2 Å². The van der Waals surface area contributed by atoms with Crippen LogP contribution in [-0.4, -0.2) is 192 Å². The van der Waals surface area contributed by atoms with Gasteiger partial charge in [-0.2, -0.15) is 11.8 Å². The molecular weight excluding hydrogens is 1230 g/mol. The molecule has 0 saturated heterocycles. The fourth-order valence-corrected chi connectivity index (χ4v) is 9.32. The second kappa shape index (κ2) is 42.0. The number of rotatable bonds is 43. The van der Waals surface area contributed by atoms with Crippen LogP contribution >= 0.6 is 11.8 Å². The molecule has 0 fully saturated rings. The standard InChI is InChI=1S/C61H92N14O17S/c1-33(2)25-42(55(85)66-29-47(77)64-30-49(79)69-40(20-21-46(63)76)57(87)73-45(28-38-17-13-10-14-18-38)58(88)71-41(61(91)92)23-24-93-8)74-60(90)52(35(5)6)75-59(89)43(26-34(3)4)70-50(80)32-65-53(83)36(7)68-48(78)31-67-56(86)44(27-37-15-11-9-12-16-37)72-54(84)39(62)19-22-51(81)82/h9-18,33-36,39-45,52H,19-32,62H2,1-8H3,(H2,63,76)(H,64,77)(H,65,83)(H,66,85)(H,67,86)(H,68,78)(H,69,79)(H,70,80)(H,71,88)(H,72,84)(H,73,87)(H,74,90)(H,75,89)(H,81,82)(H,91,92). The SMILES string of the molecule is CSCCC(NC(=O)C(Cc1ccccc1)NC(=O)C(CCC(N)=O)NC(=O)CNC(=O)CNC(=O)C(CC(C)C)NC(=O)C(NC(=O)C(CC(C)C)NC(=O)CNC(=O)C(C)NC(=O)CNC(=O)C(Cc1ccccc1)NC(=O)C(N)CCC(=O)O)C(C)C)C(=O)O. The quantitative estimate of drug-likeness (QED) is 0.0312. The largest absolute Gasteiger partial charge is 0.481 e. The Morgan fingerprint density at radius 1 is 0.430 bits per heavy atom. The van der Waals surface area contributed by atoms with Gasteiger partial charge in [-0.25, -0.2) is 4.79 Å². The number of nitrogens with two attached hydrogens (primary N) is 2. The summed E-state index contributed by atoms with van der Waals surface area (Å²) in [5.74, 6) is -13.8. The summed E-state index contributed by atoms with van der Waals surface area (Å²) in [7, 11) is 0. The van der Waals surface area contributed by atoms with Gasteiger partial charge in [0.15, 0.2) is 0 Å². The van der Waals surface area contributed by atoms with E-state index in [1.165, 1.54) is 18.7 Å². The van der Waals surface area contributed by atoms with Crippen LogP contribution in [0.4, 0.5) is 0 Å². The van der Waals surface area contributed by atoms with Crippen molar-refractivity contribution in [3.63, 3.8) is 0 Å². The molecular formula is C61H92N14O17S. The molecule has 0 spiro atoms. The first-order valence-corrected chi connectivity index (χ1v) is 31.7. The van der Waals surface area contributed by atoms with Gasteiger partial charge >= 0.3 is 11.9 Å². The molecule has 2 aromatic carbocycles. The first kappa shape index (κ1) is 79.9. The lowest BCUT2D eigenvalue weighted by molar-refractivity contribution is -0.142. The number of carboxylic acids is 2. The van der Waals surface area contributed by atoms with E-state index in [9.17, 15) is 77.0 Å². The molecule has 0 saturated carbocycles. The van der Waals surface area contributed by atoms with Crippen LogP contribution in [0.15, 0.2) is 60.7 Å². The monoisotopic (exact) mass is 1320 g/mol. The number of nitrogens with one attached hydrogen (secondary N) is 12. The molecule has 32 heteroatoms. The summed E-state index contributed by atoms with van der Waals surface area (Å²) in [5, 5.41) is 48.3. The molecule has 0 aliphatic rings. The topological polar surface area (TPSA) is 493 Å². The van der Waals surface area contributed by atoms with E-state index in [0.29, 0.717) is 16.9 Å². The summed E-state index contributed by atoms with van der Waals surface area (Å²) >= 11 is 1.37. The first-order chi connectivity index (χ1) is 43.8. The fraction of sp³-hybridized carbons (Fsp3) is 0.557. The van der Waals surface area contributed by atoms with E-state index in [1.807, 2.05) is 0 Å². The third kappa shape index (κ3) is 32.6. The van der Waals surface area contributed by atoms with Gasteiger partial charge in [-0.05, 0) is 79.9 Å². The third-order valence-corrected chi connectivity index (χ3v) is 14.5. The predicted octanol–water partition coefficient (Wildman–Crippen LogP) is -3.12. The number of hydrogen-bond donors (Lipinski definition) is 16. The van der Waals surface area contributed by atoms with Crippen molar-refractivity contribution in [2.45, 2.75) is 161 Å². The number of amides is 13. The molecule has 93 heavy (non-hydrogen) atoms. The number of hydrogen-bond acceptors (Lipinski definition) is 17. The molecule has 0 aliphatic heterocycles. The highest BCUT2D eigenvalue weighted by atomic mass is 32.2. The smallest absolute Gasteiger partial charge is 0.326 e. The Morgan fingerprint density at radius 2 is 0.849 bits per heavy atom. The summed E-state index contributed by atoms with van der Waals surface area (Å²) in [4.78, 5) is 195. The van der Waals surface area contributed by atoms with Crippen LogP contribution in [0.1, 0.15) is 105 Å². The van der Waals surface area contributed by atoms with Gasteiger partial charge in [0.25, 0.3) is 0 Å². The maximum atomic E-state index is 13.9. The highest BCUT2D eigenvalue weighted by Gasteiger charge is 2.34. The van der Waals surface area contributed by atoms with Crippen molar-refractivity contribution in [1.82, 2.24) is 63.8 Å². The van der Waals surface area contributed by atoms with Crippen molar-refractivity contribution in [2.24, 2.45) is 29.2 Å². The lowest BCUT2D eigenvalue weighted by atomic mass is 9.98. The fourth-order valence-electron chi connectivity index (χ4n) is 8.85. The molecule has 18 N–H and O–H groups in total. The first-order valence-electron chi connectivity index (χ1n) is 30.3. The molecule has 2 aromatic rings. The molecule has 514 valence electrons. The lowest BCUT2D eigenvalue weighted by Crippen LogP contribution is -2.59. The van der Waals surface area contributed by atoms with Gasteiger partial charge in [0.2, 0.25) is 76.8 Å². The Morgan fingerprint density at radius 3 is 1.34 bits per heavy atom. The Kier molecular flexibility index (Phi) is 36.1.